The van der Waals surface area contributed by atoms with Crippen molar-refractivity contribution in [1.82, 2.24) is 15.3 Å². The van der Waals surface area contributed by atoms with Crippen LogP contribution in [0.2, 0.25) is 0 Å². The van der Waals surface area contributed by atoms with Crippen LogP contribution in [0.4, 0.5) is 0 Å². The van der Waals surface area contributed by atoms with Crippen molar-refractivity contribution in [3.8, 4) is 5.88 Å². The van der Waals surface area contributed by atoms with Crippen LogP contribution in [-0.2, 0) is 0 Å². The number of hydrogen-bond donors (Lipinski definition) is 1. The molecule has 4 nitrogen and oxygen atoms in total. The molecule has 4 heteroatoms. The number of aromatic nitrogens is 2. The molecule has 0 amide bonds. The van der Waals surface area contributed by atoms with Gasteiger partial charge in [-0.25, -0.2) is 9.97 Å². The largest absolute Gasteiger partial charge is 0.473 e. The molecule has 1 aliphatic rings. The number of nitrogens with one attached hydrogen (secondary N) is 1. The van der Waals surface area contributed by atoms with Gasteiger partial charge in [-0.3, -0.25) is 0 Å². The number of nitrogens with zero attached hydrogens (tertiary/aromatic N) is 2. The predicted molar refractivity (Wildman–Crippen MR) is 53.3 cm³/mol. The Morgan fingerprint density at radius 1 is 1.50 bits per heavy atom. The van der Waals surface area contributed by atoms with Gasteiger partial charge in [-0.2, -0.15) is 0 Å². The van der Waals surface area contributed by atoms with Crippen molar-refractivity contribution in [2.75, 3.05) is 13.1 Å². The maximum Gasteiger partial charge on any atom is 0.216 e. The Kier molecular flexibility index (Phi) is 2.93. The van der Waals surface area contributed by atoms with Crippen LogP contribution in [0.15, 0.2) is 12.4 Å². The zero-order valence-electron chi connectivity index (χ0n) is 8.36. The summed E-state index contributed by atoms with van der Waals surface area (Å²) < 4.78 is 5.72. The third-order valence-electron chi connectivity index (χ3n) is 2.32. The van der Waals surface area contributed by atoms with Crippen molar-refractivity contribution < 1.29 is 4.74 Å². The van der Waals surface area contributed by atoms with E-state index >= 15 is 0 Å². The van der Waals surface area contributed by atoms with Crippen molar-refractivity contribution in [3.63, 3.8) is 0 Å². The summed E-state index contributed by atoms with van der Waals surface area (Å²) in [7, 11) is 0. The number of hydrogen-bond acceptors (Lipinski definition) is 4. The summed E-state index contributed by atoms with van der Waals surface area (Å²) in [5, 5.41) is 3.30. The van der Waals surface area contributed by atoms with E-state index in [4.69, 9.17) is 4.74 Å². The SMILES string of the molecule is Cc1cc(O[C@@H]2CCCNC2)ncn1. The van der Waals surface area contributed by atoms with Crippen LogP contribution in [0.5, 0.6) is 5.88 Å². The molecule has 0 saturated carbocycles. The number of aryl methyl sites for hydroxylation is 1. The minimum absolute atomic E-state index is 0.262. The molecule has 1 saturated heterocycles. The highest BCUT2D eigenvalue weighted by atomic mass is 16.5. The maximum atomic E-state index is 5.72. The van der Waals surface area contributed by atoms with E-state index in [9.17, 15) is 0 Å². The van der Waals surface area contributed by atoms with Gasteiger partial charge < -0.3 is 10.1 Å². The second-order valence-electron chi connectivity index (χ2n) is 3.58. The highest BCUT2D eigenvalue weighted by Gasteiger charge is 2.14. The Balaban J connectivity index is 1.95. The minimum atomic E-state index is 0.262. The molecule has 0 unspecified atom stereocenters. The molecule has 2 rings (SSSR count). The van der Waals surface area contributed by atoms with E-state index in [1.807, 2.05) is 13.0 Å². The molecule has 1 aromatic heterocycles. The van der Waals surface area contributed by atoms with Crippen molar-refractivity contribution in [2.45, 2.75) is 25.9 Å². The molecule has 1 aliphatic heterocycles. The molecule has 14 heavy (non-hydrogen) atoms. The van der Waals surface area contributed by atoms with Crippen LogP contribution in [0.3, 0.4) is 0 Å². The molecule has 2 heterocycles. The van der Waals surface area contributed by atoms with Crippen molar-refractivity contribution in [2.24, 2.45) is 0 Å². The fraction of sp³-hybridized carbons (Fsp3) is 0.600. The topological polar surface area (TPSA) is 47.0 Å². The van der Waals surface area contributed by atoms with Crippen molar-refractivity contribution in [3.05, 3.63) is 18.1 Å². The zero-order valence-corrected chi connectivity index (χ0v) is 8.36. The van der Waals surface area contributed by atoms with Gasteiger partial charge in [-0.05, 0) is 26.3 Å². The van der Waals surface area contributed by atoms with E-state index in [0.29, 0.717) is 5.88 Å². The van der Waals surface area contributed by atoms with Crippen LogP contribution in [-0.4, -0.2) is 29.2 Å². The average molecular weight is 193 g/mol. The molecule has 0 radical (unpaired) electrons. The van der Waals surface area contributed by atoms with Gasteiger partial charge in [-0.15, -0.1) is 0 Å². The lowest BCUT2D eigenvalue weighted by atomic mass is 10.1. The highest BCUT2D eigenvalue weighted by Crippen LogP contribution is 2.12. The summed E-state index contributed by atoms with van der Waals surface area (Å²) in [6.07, 6.45) is 4.09. The van der Waals surface area contributed by atoms with Gasteiger partial charge in [0.05, 0.1) is 0 Å². The Morgan fingerprint density at radius 3 is 3.14 bits per heavy atom. The fourth-order valence-electron chi connectivity index (χ4n) is 1.59. The Hall–Kier alpha value is -1.16. The van der Waals surface area contributed by atoms with Crippen LogP contribution in [0, 0.1) is 6.92 Å². The maximum absolute atomic E-state index is 5.72. The van der Waals surface area contributed by atoms with E-state index in [1.165, 1.54) is 6.42 Å². The van der Waals surface area contributed by atoms with Crippen molar-refractivity contribution in [1.29, 1.82) is 0 Å². The normalized spacial score (nSPS) is 21.9. The van der Waals surface area contributed by atoms with Gasteiger partial charge >= 0.3 is 0 Å². The third-order valence-corrected chi connectivity index (χ3v) is 2.32. The third kappa shape index (κ3) is 2.42. The molecule has 1 aromatic rings. The lowest BCUT2D eigenvalue weighted by Gasteiger charge is -2.23. The van der Waals surface area contributed by atoms with Gasteiger partial charge in [0.2, 0.25) is 5.88 Å². The Morgan fingerprint density at radius 2 is 2.43 bits per heavy atom. The predicted octanol–water partition coefficient (Wildman–Crippen LogP) is 0.916. The van der Waals surface area contributed by atoms with E-state index in [-0.39, 0.29) is 6.10 Å². The smallest absolute Gasteiger partial charge is 0.216 e. The molecule has 0 bridgehead atoms. The Labute approximate surface area is 83.7 Å². The molecule has 1 atom stereocenters. The summed E-state index contributed by atoms with van der Waals surface area (Å²) in [6, 6.07) is 1.87. The summed E-state index contributed by atoms with van der Waals surface area (Å²) in [5.74, 6) is 0.686. The van der Waals surface area contributed by atoms with Gasteiger partial charge in [0.1, 0.15) is 12.4 Å². The first kappa shape index (κ1) is 9.40. The lowest BCUT2D eigenvalue weighted by molar-refractivity contribution is 0.160. The van der Waals surface area contributed by atoms with Gasteiger partial charge in [-0.1, -0.05) is 0 Å². The van der Waals surface area contributed by atoms with E-state index in [2.05, 4.69) is 15.3 Å². The van der Waals surface area contributed by atoms with E-state index in [1.54, 1.807) is 6.33 Å². The second kappa shape index (κ2) is 4.37. The Bertz CT molecular complexity index is 297. The molecular weight excluding hydrogens is 178 g/mol. The molecular formula is C10H15N3O. The standard InChI is InChI=1S/C10H15N3O/c1-8-5-10(13-7-12-8)14-9-3-2-4-11-6-9/h5,7,9,11H,2-4,6H2,1H3/t9-/m1/s1. The quantitative estimate of drug-likeness (QED) is 0.758. The molecule has 1 N–H and O–H groups in total. The monoisotopic (exact) mass is 193 g/mol. The lowest BCUT2D eigenvalue weighted by Crippen LogP contribution is -2.37. The molecule has 76 valence electrons. The molecule has 0 spiro atoms. The van der Waals surface area contributed by atoms with E-state index < -0.39 is 0 Å². The minimum Gasteiger partial charge on any atom is -0.473 e. The van der Waals surface area contributed by atoms with E-state index in [0.717, 1.165) is 25.2 Å². The first-order valence-corrected chi connectivity index (χ1v) is 5.00. The second-order valence-corrected chi connectivity index (χ2v) is 3.58. The van der Waals surface area contributed by atoms with Crippen LogP contribution in [0.1, 0.15) is 18.5 Å². The molecule has 0 aliphatic carbocycles. The first-order valence-electron chi connectivity index (χ1n) is 5.00. The molecule has 0 aromatic carbocycles. The van der Waals surface area contributed by atoms with Gasteiger partial charge in [0, 0.05) is 18.3 Å². The summed E-state index contributed by atoms with van der Waals surface area (Å²) in [4.78, 5) is 8.10. The number of piperidine rings is 1. The number of rotatable bonds is 2. The number of ether oxygens (including phenoxy) is 1. The zero-order chi connectivity index (χ0) is 9.80. The average Bonchev–Trinajstić information content (AvgIpc) is 2.19. The first-order chi connectivity index (χ1) is 6.84. The van der Waals surface area contributed by atoms with Crippen LogP contribution >= 0.6 is 0 Å². The van der Waals surface area contributed by atoms with Crippen molar-refractivity contribution >= 4 is 0 Å². The molecule has 1 fully saturated rings. The fourth-order valence-corrected chi connectivity index (χ4v) is 1.59. The van der Waals surface area contributed by atoms with Gasteiger partial charge in [0.15, 0.2) is 0 Å². The van der Waals surface area contributed by atoms with Gasteiger partial charge in [0.25, 0.3) is 0 Å². The summed E-state index contributed by atoms with van der Waals surface area (Å²) >= 11 is 0. The van der Waals surface area contributed by atoms with Crippen LogP contribution < -0.4 is 10.1 Å². The summed E-state index contributed by atoms with van der Waals surface area (Å²) in [6.45, 7) is 3.96. The summed E-state index contributed by atoms with van der Waals surface area (Å²) in [5.41, 5.74) is 0.943. The van der Waals surface area contributed by atoms with Crippen LogP contribution in [0.25, 0.3) is 0 Å². The highest BCUT2D eigenvalue weighted by molar-refractivity contribution is 5.12.